The molecule has 154 valence electrons. The van der Waals surface area contributed by atoms with Crippen LogP contribution in [0, 0.1) is 6.92 Å². The van der Waals surface area contributed by atoms with Gasteiger partial charge < -0.3 is 9.67 Å². The third kappa shape index (κ3) is 3.86. The first-order valence-corrected chi connectivity index (χ1v) is 11.8. The molecule has 0 amide bonds. The molecule has 0 radical (unpaired) electrons. The summed E-state index contributed by atoms with van der Waals surface area (Å²) in [5.74, 6) is -0.972. The molecule has 2 aromatic carbocycles. The minimum absolute atomic E-state index is 0.223. The van der Waals surface area contributed by atoms with Crippen LogP contribution in [-0.4, -0.2) is 35.3 Å². The third-order valence-corrected chi connectivity index (χ3v) is 6.53. The molecular weight excluding hydrogens is 422 g/mol. The van der Waals surface area contributed by atoms with Gasteiger partial charge in [-0.15, -0.1) is 0 Å². The van der Waals surface area contributed by atoms with Crippen molar-refractivity contribution in [3.63, 3.8) is 0 Å². The van der Waals surface area contributed by atoms with Crippen molar-refractivity contribution in [3.05, 3.63) is 60.4 Å². The molecule has 4 rings (SSSR count). The van der Waals surface area contributed by atoms with Crippen LogP contribution >= 0.6 is 11.8 Å². The molecule has 2 N–H and O–H groups in total. The first kappa shape index (κ1) is 20.2. The van der Waals surface area contributed by atoms with Crippen LogP contribution in [0.15, 0.2) is 64.5 Å². The van der Waals surface area contributed by atoms with E-state index in [0.29, 0.717) is 16.6 Å². The number of aliphatic carboxylic acids is 1. The van der Waals surface area contributed by atoms with Crippen LogP contribution in [0.2, 0.25) is 0 Å². The van der Waals surface area contributed by atoms with Crippen molar-refractivity contribution in [3.8, 4) is 0 Å². The zero-order valence-electron chi connectivity index (χ0n) is 16.3. The predicted molar refractivity (Wildman–Crippen MR) is 119 cm³/mol. The van der Waals surface area contributed by atoms with E-state index in [1.807, 2.05) is 37.3 Å². The number of anilines is 1. The van der Waals surface area contributed by atoms with Crippen molar-refractivity contribution in [2.45, 2.75) is 23.3 Å². The normalized spacial score (nSPS) is 11.8. The molecule has 7 nitrogen and oxygen atoms in total. The van der Waals surface area contributed by atoms with Crippen LogP contribution in [0.4, 0.5) is 5.69 Å². The molecule has 0 bridgehead atoms. The minimum atomic E-state index is -3.52. The van der Waals surface area contributed by atoms with Crippen molar-refractivity contribution < 1.29 is 18.3 Å². The number of pyridine rings is 1. The van der Waals surface area contributed by atoms with Gasteiger partial charge in [-0.2, -0.15) is 0 Å². The molecule has 30 heavy (non-hydrogen) atoms. The van der Waals surface area contributed by atoms with Gasteiger partial charge in [-0.05, 0) is 31.2 Å². The first-order valence-electron chi connectivity index (χ1n) is 9.07. The molecule has 9 heteroatoms. The number of carboxylic acids is 1. The smallest absolute Gasteiger partial charge is 0.323 e. The number of para-hydroxylation sites is 1. The molecule has 0 aliphatic heterocycles. The quantitative estimate of drug-likeness (QED) is 0.467. The maximum Gasteiger partial charge on any atom is 0.323 e. The van der Waals surface area contributed by atoms with E-state index in [1.54, 1.807) is 29.0 Å². The fourth-order valence-corrected chi connectivity index (χ4v) is 5.28. The summed E-state index contributed by atoms with van der Waals surface area (Å²) in [7, 11) is -3.52. The van der Waals surface area contributed by atoms with Gasteiger partial charge in [0.15, 0.2) is 0 Å². The summed E-state index contributed by atoms with van der Waals surface area (Å²) in [6, 6.07) is 14.9. The zero-order chi connectivity index (χ0) is 21.5. The summed E-state index contributed by atoms with van der Waals surface area (Å²) in [6.07, 6.45) is 2.82. The van der Waals surface area contributed by atoms with Crippen LogP contribution in [0.3, 0.4) is 0 Å². The van der Waals surface area contributed by atoms with E-state index >= 15 is 0 Å². The van der Waals surface area contributed by atoms with E-state index in [2.05, 4.69) is 9.71 Å². The van der Waals surface area contributed by atoms with E-state index in [9.17, 15) is 18.3 Å². The number of fused-ring (bicyclic) bond motifs is 2. The predicted octanol–water partition coefficient (Wildman–Crippen LogP) is 4.11. The molecule has 0 fully saturated rings. The second kappa shape index (κ2) is 7.66. The standard InChI is InChI=1S/C21H19N3O4S2/c1-13-21(29-17-10-3-6-14-7-5-11-22-20(14)17)19-15(23-30(2,27)28)8-4-9-16(19)24(13)12-18(25)26/h3-11,23H,12H2,1-2H3,(H,25,26). The molecular formula is C21H19N3O4S2. The summed E-state index contributed by atoms with van der Waals surface area (Å²) in [5.41, 5.74) is 2.64. The fourth-order valence-electron chi connectivity index (χ4n) is 3.51. The van der Waals surface area contributed by atoms with Crippen molar-refractivity contribution in [2.24, 2.45) is 0 Å². The molecule has 0 aliphatic rings. The molecule has 0 atom stereocenters. The lowest BCUT2D eigenvalue weighted by molar-refractivity contribution is -0.137. The SMILES string of the molecule is Cc1c(Sc2cccc3cccnc23)c2c(NS(C)(=O)=O)cccc2n1CC(=O)O. The van der Waals surface area contributed by atoms with E-state index in [0.717, 1.165) is 32.6 Å². The first-order chi connectivity index (χ1) is 14.2. The number of nitrogens with one attached hydrogen (secondary N) is 1. The Bertz CT molecular complexity index is 1390. The number of sulfonamides is 1. The van der Waals surface area contributed by atoms with Crippen molar-refractivity contribution in [2.75, 3.05) is 11.0 Å². The van der Waals surface area contributed by atoms with Gasteiger partial charge in [0.2, 0.25) is 10.0 Å². The third-order valence-electron chi connectivity index (χ3n) is 4.69. The number of aromatic nitrogens is 2. The highest BCUT2D eigenvalue weighted by atomic mass is 32.2. The second-order valence-corrected chi connectivity index (χ2v) is 9.70. The number of rotatable bonds is 6. The monoisotopic (exact) mass is 441 g/mol. The highest BCUT2D eigenvalue weighted by Gasteiger charge is 2.21. The van der Waals surface area contributed by atoms with E-state index in [4.69, 9.17) is 0 Å². The number of nitrogens with zero attached hydrogens (tertiary/aromatic N) is 2. The lowest BCUT2D eigenvalue weighted by Gasteiger charge is -2.09. The number of benzene rings is 2. The van der Waals surface area contributed by atoms with E-state index in [-0.39, 0.29) is 6.54 Å². The van der Waals surface area contributed by atoms with Crippen LogP contribution in [0.5, 0.6) is 0 Å². The zero-order valence-corrected chi connectivity index (χ0v) is 17.9. The lowest BCUT2D eigenvalue weighted by atomic mass is 10.2. The Morgan fingerprint density at radius 2 is 1.90 bits per heavy atom. The molecule has 0 spiro atoms. The Balaban J connectivity index is 1.97. The number of carbonyl (C=O) groups is 1. The number of hydrogen-bond acceptors (Lipinski definition) is 5. The van der Waals surface area contributed by atoms with Gasteiger partial charge in [-0.3, -0.25) is 14.5 Å². The van der Waals surface area contributed by atoms with E-state index in [1.165, 1.54) is 11.8 Å². The Labute approximate surface area is 177 Å². The summed E-state index contributed by atoms with van der Waals surface area (Å²) in [5, 5.41) is 11.1. The average molecular weight is 442 g/mol. The minimum Gasteiger partial charge on any atom is -0.480 e. The maximum absolute atomic E-state index is 11.9. The molecule has 2 aromatic heterocycles. The molecule has 0 aliphatic carbocycles. The highest BCUT2D eigenvalue weighted by Crippen LogP contribution is 2.43. The summed E-state index contributed by atoms with van der Waals surface area (Å²) < 4.78 is 28.1. The van der Waals surface area contributed by atoms with Crippen molar-refractivity contribution in [1.29, 1.82) is 0 Å². The summed E-state index contributed by atoms with van der Waals surface area (Å²) in [4.78, 5) is 17.7. The Kier molecular flexibility index (Phi) is 5.17. The molecule has 2 heterocycles. The van der Waals surface area contributed by atoms with Gasteiger partial charge in [0.05, 0.1) is 23.0 Å². The number of hydrogen-bond donors (Lipinski definition) is 2. The van der Waals surface area contributed by atoms with Crippen molar-refractivity contribution in [1.82, 2.24) is 9.55 Å². The lowest BCUT2D eigenvalue weighted by Crippen LogP contribution is -2.10. The van der Waals surface area contributed by atoms with Gasteiger partial charge in [-0.1, -0.05) is 36.0 Å². The van der Waals surface area contributed by atoms with Crippen LogP contribution in [-0.2, 0) is 21.4 Å². The van der Waals surface area contributed by atoms with Crippen molar-refractivity contribution >= 4 is 55.2 Å². The van der Waals surface area contributed by atoms with Gasteiger partial charge in [0.1, 0.15) is 6.54 Å². The van der Waals surface area contributed by atoms with Crippen LogP contribution in [0.1, 0.15) is 5.69 Å². The largest absolute Gasteiger partial charge is 0.480 e. The van der Waals surface area contributed by atoms with Gasteiger partial charge >= 0.3 is 5.97 Å². The fraction of sp³-hybridized carbons (Fsp3) is 0.143. The summed E-state index contributed by atoms with van der Waals surface area (Å²) >= 11 is 1.45. The van der Waals surface area contributed by atoms with Gasteiger partial charge in [0.25, 0.3) is 0 Å². The molecule has 0 unspecified atom stereocenters. The molecule has 4 aromatic rings. The average Bonchev–Trinajstić information content (AvgIpc) is 2.93. The summed E-state index contributed by atoms with van der Waals surface area (Å²) in [6.45, 7) is 1.62. The Hall–Kier alpha value is -3.04. The van der Waals surface area contributed by atoms with Gasteiger partial charge in [0, 0.05) is 32.5 Å². The Morgan fingerprint density at radius 3 is 2.63 bits per heavy atom. The van der Waals surface area contributed by atoms with E-state index < -0.39 is 16.0 Å². The van der Waals surface area contributed by atoms with Crippen LogP contribution < -0.4 is 4.72 Å². The number of carboxylic acid groups (broad SMARTS) is 1. The Morgan fingerprint density at radius 1 is 1.17 bits per heavy atom. The molecule has 0 saturated carbocycles. The second-order valence-electron chi connectivity index (χ2n) is 6.90. The molecule has 0 saturated heterocycles. The highest BCUT2D eigenvalue weighted by molar-refractivity contribution is 7.99. The van der Waals surface area contributed by atoms with Gasteiger partial charge in [-0.25, -0.2) is 8.42 Å². The van der Waals surface area contributed by atoms with Crippen LogP contribution in [0.25, 0.3) is 21.8 Å². The topological polar surface area (TPSA) is 101 Å². The maximum atomic E-state index is 11.9.